The van der Waals surface area contributed by atoms with E-state index in [1.165, 1.54) is 19.3 Å². The standard InChI is InChI=1S/C31H43N3O6/c1-8-39-30(37)26-16(3)28(32-18(26)5)24(35)14-34(20(7)23-13-21-10-11-22(23)12-21)15-25(36)29-17(4)27(19(6)33-29)31(38)40-9-2/h20-23,32-33H,8-15H2,1-7H3/t20-,21-,22-,23-/m0/s1. The molecule has 2 saturated carbocycles. The molecule has 0 aliphatic heterocycles. The van der Waals surface area contributed by atoms with Crippen LogP contribution in [0.25, 0.3) is 0 Å². The second kappa shape index (κ2) is 12.1. The lowest BCUT2D eigenvalue weighted by molar-refractivity contribution is 0.0515. The largest absolute Gasteiger partial charge is 0.462 e. The van der Waals surface area contributed by atoms with Gasteiger partial charge in [0.1, 0.15) is 0 Å². The number of aryl methyl sites for hydroxylation is 2. The lowest BCUT2D eigenvalue weighted by Gasteiger charge is -2.36. The van der Waals surface area contributed by atoms with Crippen molar-refractivity contribution in [3.05, 3.63) is 45.0 Å². The van der Waals surface area contributed by atoms with Gasteiger partial charge in [0.2, 0.25) is 0 Å². The molecular formula is C31H43N3O6. The average molecular weight is 554 g/mol. The third-order valence-electron chi connectivity index (χ3n) is 9.07. The average Bonchev–Trinajstić information content (AvgIpc) is 3.66. The predicted molar refractivity (Wildman–Crippen MR) is 151 cm³/mol. The Hall–Kier alpha value is -3.20. The first-order valence-electron chi connectivity index (χ1n) is 14.5. The molecule has 9 heteroatoms. The van der Waals surface area contributed by atoms with Gasteiger partial charge in [0, 0.05) is 17.4 Å². The zero-order chi connectivity index (χ0) is 29.3. The number of carbonyl (C=O) groups is 4. The first kappa shape index (κ1) is 29.8. The molecule has 2 aliphatic rings. The third kappa shape index (κ3) is 5.66. The molecule has 0 aromatic carbocycles. The number of rotatable bonds is 12. The summed E-state index contributed by atoms with van der Waals surface area (Å²) >= 11 is 0. The Balaban J connectivity index is 1.61. The summed E-state index contributed by atoms with van der Waals surface area (Å²) < 4.78 is 10.4. The molecule has 2 N–H and O–H groups in total. The second-order valence-electron chi connectivity index (χ2n) is 11.5. The van der Waals surface area contributed by atoms with Crippen LogP contribution in [0.1, 0.15) is 111 Å². The van der Waals surface area contributed by atoms with Gasteiger partial charge in [-0.1, -0.05) is 6.42 Å². The van der Waals surface area contributed by atoms with Crippen LogP contribution in [0.2, 0.25) is 0 Å². The van der Waals surface area contributed by atoms with E-state index in [9.17, 15) is 19.2 Å². The summed E-state index contributed by atoms with van der Waals surface area (Å²) in [4.78, 5) is 60.6. The SMILES string of the molecule is CCOC(=O)c1c(C)[nH]c(C(=O)CN(CC(=O)c2[nH]c(C)c(C(=O)OCC)c2C)[C@@H](C)[C@@H]2C[C@H]3CC[C@H]2C3)c1C. The molecule has 2 aromatic heterocycles. The van der Waals surface area contributed by atoms with E-state index in [2.05, 4.69) is 16.9 Å². The molecule has 2 aromatic rings. The maximum absolute atomic E-state index is 13.7. The lowest BCUT2D eigenvalue weighted by atomic mass is 9.83. The number of H-pyrrole nitrogens is 2. The zero-order valence-corrected chi connectivity index (χ0v) is 24.9. The topological polar surface area (TPSA) is 122 Å². The van der Waals surface area contributed by atoms with Gasteiger partial charge in [-0.15, -0.1) is 0 Å². The van der Waals surface area contributed by atoms with Crippen LogP contribution in [0.5, 0.6) is 0 Å². The summed E-state index contributed by atoms with van der Waals surface area (Å²) in [5.74, 6) is 0.503. The Morgan fingerprint density at radius 1 is 0.800 bits per heavy atom. The van der Waals surface area contributed by atoms with Crippen LogP contribution in [0, 0.1) is 45.4 Å². The van der Waals surface area contributed by atoms with E-state index in [0.717, 1.165) is 12.3 Å². The summed E-state index contributed by atoms with van der Waals surface area (Å²) in [6, 6.07) is 0.0185. The molecule has 0 saturated heterocycles. The number of ketones is 2. The van der Waals surface area contributed by atoms with Crippen LogP contribution in [0.3, 0.4) is 0 Å². The molecule has 218 valence electrons. The molecule has 2 fully saturated rings. The van der Waals surface area contributed by atoms with Gasteiger partial charge in [0.15, 0.2) is 11.6 Å². The van der Waals surface area contributed by atoms with Gasteiger partial charge in [-0.05, 0) is 96.6 Å². The van der Waals surface area contributed by atoms with Crippen LogP contribution in [0.15, 0.2) is 0 Å². The molecule has 0 amide bonds. The van der Waals surface area contributed by atoms with Crippen molar-refractivity contribution in [3.63, 3.8) is 0 Å². The van der Waals surface area contributed by atoms with Crippen LogP contribution in [-0.4, -0.2) is 70.7 Å². The van der Waals surface area contributed by atoms with Crippen molar-refractivity contribution in [2.75, 3.05) is 26.3 Å². The zero-order valence-electron chi connectivity index (χ0n) is 24.9. The van der Waals surface area contributed by atoms with E-state index >= 15 is 0 Å². The van der Waals surface area contributed by atoms with Gasteiger partial charge in [-0.2, -0.15) is 0 Å². The van der Waals surface area contributed by atoms with E-state index in [4.69, 9.17) is 9.47 Å². The number of esters is 2. The van der Waals surface area contributed by atoms with Crippen LogP contribution >= 0.6 is 0 Å². The number of ether oxygens (including phenoxy) is 2. The fourth-order valence-corrected chi connectivity index (χ4v) is 7.10. The van der Waals surface area contributed by atoms with E-state index in [-0.39, 0.29) is 43.9 Å². The molecular weight excluding hydrogens is 510 g/mol. The van der Waals surface area contributed by atoms with E-state index in [1.54, 1.807) is 41.5 Å². The highest BCUT2D eigenvalue weighted by molar-refractivity contribution is 6.04. The summed E-state index contributed by atoms with van der Waals surface area (Å²) in [7, 11) is 0. The number of hydrogen-bond donors (Lipinski definition) is 2. The van der Waals surface area contributed by atoms with E-state index in [1.807, 2.05) is 4.90 Å². The van der Waals surface area contributed by atoms with Gasteiger partial charge >= 0.3 is 11.9 Å². The lowest BCUT2D eigenvalue weighted by Crippen LogP contribution is -2.46. The van der Waals surface area contributed by atoms with Crippen molar-refractivity contribution in [2.45, 2.75) is 80.2 Å². The molecule has 0 unspecified atom stereocenters. The van der Waals surface area contributed by atoms with Gasteiger partial charge in [0.05, 0.1) is 48.8 Å². The number of fused-ring (bicyclic) bond motifs is 2. The van der Waals surface area contributed by atoms with E-state index < -0.39 is 11.9 Å². The molecule has 2 bridgehead atoms. The van der Waals surface area contributed by atoms with Crippen molar-refractivity contribution in [3.8, 4) is 0 Å². The monoisotopic (exact) mass is 553 g/mol. The quantitative estimate of drug-likeness (QED) is 0.276. The van der Waals surface area contributed by atoms with Gasteiger partial charge in [-0.3, -0.25) is 14.5 Å². The van der Waals surface area contributed by atoms with Crippen LogP contribution in [0.4, 0.5) is 0 Å². The Morgan fingerprint density at radius 2 is 1.27 bits per heavy atom. The highest BCUT2D eigenvalue weighted by Crippen LogP contribution is 2.50. The smallest absolute Gasteiger partial charge is 0.340 e. The van der Waals surface area contributed by atoms with Crippen molar-refractivity contribution in [1.29, 1.82) is 0 Å². The summed E-state index contributed by atoms with van der Waals surface area (Å²) in [5, 5.41) is 0. The van der Waals surface area contributed by atoms with Gasteiger partial charge in [-0.25, -0.2) is 9.59 Å². The number of nitrogens with zero attached hydrogens (tertiary/aromatic N) is 1. The number of aromatic amines is 2. The van der Waals surface area contributed by atoms with Crippen molar-refractivity contribution >= 4 is 23.5 Å². The minimum Gasteiger partial charge on any atom is -0.462 e. The minimum atomic E-state index is -0.454. The highest BCUT2D eigenvalue weighted by Gasteiger charge is 2.44. The highest BCUT2D eigenvalue weighted by atomic mass is 16.5. The maximum Gasteiger partial charge on any atom is 0.340 e. The first-order valence-corrected chi connectivity index (χ1v) is 14.5. The Bertz CT molecular complexity index is 1220. The number of aromatic nitrogens is 2. The molecule has 4 rings (SSSR count). The minimum absolute atomic E-state index is 0.0185. The van der Waals surface area contributed by atoms with Crippen molar-refractivity contribution in [2.24, 2.45) is 17.8 Å². The summed E-state index contributed by atoms with van der Waals surface area (Å²) in [5.41, 5.74) is 3.82. The fourth-order valence-electron chi connectivity index (χ4n) is 7.10. The third-order valence-corrected chi connectivity index (χ3v) is 9.07. The normalized spacial score (nSPS) is 20.6. The Morgan fingerprint density at radius 3 is 1.65 bits per heavy atom. The molecule has 2 heterocycles. The number of nitrogens with one attached hydrogen (secondary N) is 2. The van der Waals surface area contributed by atoms with E-state index in [0.29, 0.717) is 56.9 Å². The Labute approximate surface area is 236 Å². The molecule has 4 atom stereocenters. The number of carbonyl (C=O) groups excluding carboxylic acids is 4. The van der Waals surface area contributed by atoms with Crippen LogP contribution in [-0.2, 0) is 9.47 Å². The molecule has 0 radical (unpaired) electrons. The molecule has 0 spiro atoms. The summed E-state index contributed by atoms with van der Waals surface area (Å²) in [6.07, 6.45) is 4.80. The molecule has 2 aliphatic carbocycles. The molecule has 40 heavy (non-hydrogen) atoms. The van der Waals surface area contributed by atoms with Gasteiger partial charge < -0.3 is 19.4 Å². The fraction of sp³-hybridized carbons (Fsp3) is 0.613. The number of hydrogen-bond acceptors (Lipinski definition) is 7. The molecule has 9 nitrogen and oxygen atoms in total. The summed E-state index contributed by atoms with van der Waals surface area (Å²) in [6.45, 7) is 13.2. The van der Waals surface area contributed by atoms with Gasteiger partial charge in [0.25, 0.3) is 0 Å². The predicted octanol–water partition coefficient (Wildman–Crippen LogP) is 5.12. The second-order valence-corrected chi connectivity index (χ2v) is 11.5. The number of Topliss-reactive ketones (excluding diaryl/α,β-unsaturated/α-hetero) is 2. The van der Waals surface area contributed by atoms with Crippen molar-refractivity contribution < 1.29 is 28.7 Å². The first-order chi connectivity index (χ1) is 19.0. The van der Waals surface area contributed by atoms with Crippen molar-refractivity contribution in [1.82, 2.24) is 14.9 Å². The maximum atomic E-state index is 13.7. The Kier molecular flexibility index (Phi) is 9.02. The van der Waals surface area contributed by atoms with Crippen LogP contribution < -0.4 is 0 Å².